The van der Waals surface area contributed by atoms with Crippen molar-refractivity contribution in [1.82, 2.24) is 4.57 Å². The molecule has 0 aliphatic heterocycles. The first-order valence-corrected chi connectivity index (χ1v) is 6.70. The molecule has 0 bridgehead atoms. The summed E-state index contributed by atoms with van der Waals surface area (Å²) in [5.74, 6) is -0.463. The van der Waals surface area contributed by atoms with Gasteiger partial charge in [0.15, 0.2) is 0 Å². The summed E-state index contributed by atoms with van der Waals surface area (Å²) in [7, 11) is 0. The molecule has 3 rings (SSSR count). The SMILES string of the molecule is Cc1ccc(-n2c(=O)oc3ccc(C)cc3c2=S)cc1. The zero-order valence-electron chi connectivity index (χ0n) is 11.2. The van der Waals surface area contributed by atoms with Crippen LogP contribution in [0, 0.1) is 18.5 Å². The molecule has 0 fully saturated rings. The second-order valence-corrected chi connectivity index (χ2v) is 5.23. The number of benzene rings is 2. The lowest BCUT2D eigenvalue weighted by Gasteiger charge is -2.07. The molecule has 0 saturated carbocycles. The molecule has 0 atom stereocenters. The van der Waals surface area contributed by atoms with Gasteiger partial charge >= 0.3 is 5.76 Å². The van der Waals surface area contributed by atoms with E-state index in [1.807, 2.05) is 50.2 Å². The average Bonchev–Trinajstić information content (AvgIpc) is 2.42. The molecule has 3 nitrogen and oxygen atoms in total. The van der Waals surface area contributed by atoms with Crippen molar-refractivity contribution in [1.29, 1.82) is 0 Å². The third-order valence-corrected chi connectivity index (χ3v) is 3.64. The van der Waals surface area contributed by atoms with Gasteiger partial charge < -0.3 is 4.42 Å². The second kappa shape index (κ2) is 4.72. The van der Waals surface area contributed by atoms with Crippen LogP contribution in [-0.4, -0.2) is 4.57 Å². The molecule has 4 heteroatoms. The molecule has 0 N–H and O–H groups in total. The van der Waals surface area contributed by atoms with Gasteiger partial charge in [-0.2, -0.15) is 0 Å². The van der Waals surface area contributed by atoms with Crippen LogP contribution in [0.15, 0.2) is 51.7 Å². The van der Waals surface area contributed by atoms with E-state index in [2.05, 4.69) is 0 Å². The fourth-order valence-electron chi connectivity index (χ4n) is 2.16. The van der Waals surface area contributed by atoms with Crippen LogP contribution >= 0.6 is 12.2 Å². The highest BCUT2D eigenvalue weighted by molar-refractivity contribution is 7.71. The maximum atomic E-state index is 12.2. The molecular weight excluding hydrogens is 270 g/mol. The van der Waals surface area contributed by atoms with Gasteiger partial charge in [0, 0.05) is 0 Å². The number of fused-ring (bicyclic) bond motifs is 1. The van der Waals surface area contributed by atoms with Crippen LogP contribution in [0.2, 0.25) is 0 Å². The predicted octanol–water partition coefficient (Wildman–Crippen LogP) is 3.93. The molecule has 0 aliphatic rings. The van der Waals surface area contributed by atoms with E-state index in [0.29, 0.717) is 10.2 Å². The van der Waals surface area contributed by atoms with Gasteiger partial charge in [-0.3, -0.25) is 0 Å². The highest BCUT2D eigenvalue weighted by atomic mass is 32.1. The fraction of sp³-hybridized carbons (Fsp3) is 0.125. The number of aryl methyl sites for hydroxylation is 2. The topological polar surface area (TPSA) is 35.1 Å². The van der Waals surface area contributed by atoms with Crippen molar-refractivity contribution >= 4 is 23.2 Å². The zero-order valence-corrected chi connectivity index (χ0v) is 12.0. The first kappa shape index (κ1) is 12.8. The monoisotopic (exact) mass is 283 g/mol. The summed E-state index contributed by atoms with van der Waals surface area (Å²) in [6.45, 7) is 3.98. The molecule has 0 spiro atoms. The Bertz CT molecular complexity index is 904. The molecule has 1 aromatic heterocycles. The molecule has 20 heavy (non-hydrogen) atoms. The summed E-state index contributed by atoms with van der Waals surface area (Å²) in [6.07, 6.45) is 0. The fourth-order valence-corrected chi connectivity index (χ4v) is 2.50. The Balaban J connectivity index is 2.39. The molecular formula is C16H13NO2S. The number of aromatic nitrogens is 1. The van der Waals surface area contributed by atoms with E-state index in [4.69, 9.17) is 16.6 Å². The van der Waals surface area contributed by atoms with E-state index >= 15 is 0 Å². The largest absolute Gasteiger partial charge is 0.425 e. The third kappa shape index (κ3) is 2.08. The maximum Gasteiger partial charge on any atom is 0.425 e. The van der Waals surface area contributed by atoms with Gasteiger partial charge in [0.2, 0.25) is 0 Å². The van der Waals surface area contributed by atoms with Crippen LogP contribution in [0.5, 0.6) is 0 Å². The van der Waals surface area contributed by atoms with Gasteiger partial charge in [-0.1, -0.05) is 41.5 Å². The number of nitrogens with zero attached hydrogens (tertiary/aromatic N) is 1. The highest BCUT2D eigenvalue weighted by Crippen LogP contribution is 2.18. The van der Waals surface area contributed by atoms with Crippen molar-refractivity contribution in [2.75, 3.05) is 0 Å². The van der Waals surface area contributed by atoms with E-state index in [0.717, 1.165) is 22.2 Å². The highest BCUT2D eigenvalue weighted by Gasteiger charge is 2.08. The zero-order chi connectivity index (χ0) is 14.3. The molecule has 0 amide bonds. The van der Waals surface area contributed by atoms with Crippen LogP contribution in [0.3, 0.4) is 0 Å². The molecule has 100 valence electrons. The van der Waals surface area contributed by atoms with Crippen molar-refractivity contribution in [2.24, 2.45) is 0 Å². The van der Waals surface area contributed by atoms with Crippen molar-refractivity contribution < 1.29 is 4.42 Å². The summed E-state index contributed by atoms with van der Waals surface area (Å²) < 4.78 is 7.26. The van der Waals surface area contributed by atoms with Crippen LogP contribution in [0.4, 0.5) is 0 Å². The van der Waals surface area contributed by atoms with Gasteiger partial charge in [0.25, 0.3) is 0 Å². The summed E-state index contributed by atoms with van der Waals surface area (Å²) in [5.41, 5.74) is 3.45. The van der Waals surface area contributed by atoms with Crippen LogP contribution < -0.4 is 5.76 Å². The normalized spacial score (nSPS) is 10.9. The van der Waals surface area contributed by atoms with Gasteiger partial charge in [0.05, 0.1) is 11.1 Å². The molecule has 0 unspecified atom stereocenters. The standard InChI is InChI=1S/C16H13NO2S/c1-10-3-6-12(7-4-10)17-15(20)13-9-11(2)5-8-14(13)19-16(17)18/h3-9H,1-2H3. The van der Waals surface area contributed by atoms with E-state index < -0.39 is 5.76 Å². The minimum atomic E-state index is -0.463. The second-order valence-electron chi connectivity index (χ2n) is 4.84. The molecule has 3 aromatic rings. The first-order chi connectivity index (χ1) is 9.56. The first-order valence-electron chi connectivity index (χ1n) is 6.30. The number of hydrogen-bond donors (Lipinski definition) is 0. The van der Waals surface area contributed by atoms with Crippen LogP contribution in [0.25, 0.3) is 16.7 Å². The maximum absolute atomic E-state index is 12.2. The summed E-state index contributed by atoms with van der Waals surface area (Å²) in [6, 6.07) is 13.2. The smallest absolute Gasteiger partial charge is 0.409 e. The number of rotatable bonds is 1. The summed E-state index contributed by atoms with van der Waals surface area (Å²) in [4.78, 5) is 12.2. The van der Waals surface area contributed by atoms with Crippen molar-refractivity contribution in [3.05, 3.63) is 68.8 Å². The Labute approximate surface area is 121 Å². The van der Waals surface area contributed by atoms with Crippen molar-refractivity contribution in [3.8, 4) is 5.69 Å². The summed E-state index contributed by atoms with van der Waals surface area (Å²) >= 11 is 5.46. The van der Waals surface area contributed by atoms with Crippen LogP contribution in [0.1, 0.15) is 11.1 Å². The molecule has 0 aliphatic carbocycles. The Kier molecular flexibility index (Phi) is 3.03. The van der Waals surface area contributed by atoms with E-state index in [1.54, 1.807) is 6.07 Å². The quantitative estimate of drug-likeness (QED) is 0.635. The molecule has 0 radical (unpaired) electrons. The van der Waals surface area contributed by atoms with E-state index in [-0.39, 0.29) is 0 Å². The predicted molar refractivity (Wildman–Crippen MR) is 82.1 cm³/mol. The van der Waals surface area contributed by atoms with E-state index in [9.17, 15) is 4.79 Å². The van der Waals surface area contributed by atoms with Crippen molar-refractivity contribution in [2.45, 2.75) is 13.8 Å². The Hall–Kier alpha value is -2.20. The third-order valence-electron chi connectivity index (χ3n) is 3.24. The van der Waals surface area contributed by atoms with Gasteiger partial charge in [-0.05, 0) is 38.1 Å². The molecule has 0 saturated heterocycles. The lowest BCUT2D eigenvalue weighted by molar-refractivity contribution is 0.507. The Morgan fingerprint density at radius 3 is 2.35 bits per heavy atom. The van der Waals surface area contributed by atoms with E-state index in [1.165, 1.54) is 4.57 Å². The number of hydrogen-bond acceptors (Lipinski definition) is 3. The van der Waals surface area contributed by atoms with Crippen LogP contribution in [-0.2, 0) is 0 Å². The molecule has 1 heterocycles. The lowest BCUT2D eigenvalue weighted by atomic mass is 10.2. The van der Waals surface area contributed by atoms with Crippen molar-refractivity contribution in [3.63, 3.8) is 0 Å². The average molecular weight is 283 g/mol. The molecule has 2 aromatic carbocycles. The lowest BCUT2D eigenvalue weighted by Crippen LogP contribution is -2.18. The minimum Gasteiger partial charge on any atom is -0.409 e. The summed E-state index contributed by atoms with van der Waals surface area (Å²) in [5, 5.41) is 0.778. The minimum absolute atomic E-state index is 0.463. The Morgan fingerprint density at radius 2 is 1.65 bits per heavy atom. The van der Waals surface area contributed by atoms with Gasteiger partial charge in [-0.15, -0.1) is 0 Å². The van der Waals surface area contributed by atoms with Gasteiger partial charge in [0.1, 0.15) is 10.2 Å². The Morgan fingerprint density at radius 1 is 1.00 bits per heavy atom. The van der Waals surface area contributed by atoms with Gasteiger partial charge in [-0.25, -0.2) is 9.36 Å².